The van der Waals surface area contributed by atoms with E-state index >= 15 is 0 Å². The third-order valence-electron chi connectivity index (χ3n) is 1.63. The van der Waals surface area contributed by atoms with Gasteiger partial charge in [0, 0.05) is 0 Å². The van der Waals surface area contributed by atoms with E-state index in [4.69, 9.17) is 0 Å². The molecule has 0 amide bonds. The first-order chi connectivity index (χ1) is 4.75. The molecule has 0 atom stereocenters. The average Bonchev–Trinajstić information content (AvgIpc) is 1.95. The molecule has 0 aromatic carbocycles. The van der Waals surface area contributed by atoms with Crippen molar-refractivity contribution in [2.45, 2.75) is 6.92 Å². The van der Waals surface area contributed by atoms with Gasteiger partial charge in [0.25, 0.3) is 0 Å². The molecule has 1 aliphatic rings. The second kappa shape index (κ2) is 3.10. The van der Waals surface area contributed by atoms with Crippen LogP contribution in [0.25, 0.3) is 0 Å². The van der Waals surface area contributed by atoms with Gasteiger partial charge >= 0.3 is 5.17 Å². The largest absolute Gasteiger partial charge is 0.309 e. The smallest absolute Gasteiger partial charge is 0.253 e. The molecule has 1 rings (SSSR count). The van der Waals surface area contributed by atoms with E-state index in [9.17, 15) is 0 Å². The fourth-order valence-electron chi connectivity index (χ4n) is 0.974. The van der Waals surface area contributed by atoms with Crippen LogP contribution >= 0.6 is 12.6 Å². The van der Waals surface area contributed by atoms with Crippen molar-refractivity contribution in [1.29, 1.82) is 0 Å². The van der Waals surface area contributed by atoms with Gasteiger partial charge in [-0.1, -0.05) is 12.6 Å². The molecule has 0 unspecified atom stereocenters. The first kappa shape index (κ1) is 7.66. The topological polar surface area (TPSA) is 6.25 Å². The van der Waals surface area contributed by atoms with Gasteiger partial charge in [-0.15, -0.1) is 0 Å². The molecule has 0 spiro atoms. The number of thiol groups is 1. The standard InChI is InChI=1S/C7H12N2S/c1-3-9-6-4-5-8(2)7(9)10/h4-5H,3,6H2,1-2H3/p+1. The van der Waals surface area contributed by atoms with Crippen molar-refractivity contribution in [3.63, 3.8) is 0 Å². The van der Waals surface area contributed by atoms with Crippen LogP contribution in [0.2, 0.25) is 0 Å². The highest BCUT2D eigenvalue weighted by Crippen LogP contribution is 2.00. The monoisotopic (exact) mass is 157 g/mol. The lowest BCUT2D eigenvalue weighted by Crippen LogP contribution is -2.34. The van der Waals surface area contributed by atoms with E-state index in [1.807, 2.05) is 17.8 Å². The van der Waals surface area contributed by atoms with Crippen LogP contribution in [0, 0.1) is 0 Å². The summed E-state index contributed by atoms with van der Waals surface area (Å²) in [7, 11) is 2.00. The van der Waals surface area contributed by atoms with Gasteiger partial charge in [0.2, 0.25) is 0 Å². The number of rotatable bonds is 1. The number of amidine groups is 1. The molecule has 0 bridgehead atoms. The summed E-state index contributed by atoms with van der Waals surface area (Å²) in [5.41, 5.74) is 0. The molecule has 0 aliphatic carbocycles. The maximum absolute atomic E-state index is 4.35. The first-order valence-corrected chi connectivity index (χ1v) is 3.90. The molecule has 0 radical (unpaired) electrons. The van der Waals surface area contributed by atoms with Crippen molar-refractivity contribution in [2.75, 3.05) is 20.1 Å². The van der Waals surface area contributed by atoms with Crippen molar-refractivity contribution in [2.24, 2.45) is 0 Å². The second-order valence-corrected chi connectivity index (χ2v) is 2.73. The second-order valence-electron chi connectivity index (χ2n) is 2.33. The van der Waals surface area contributed by atoms with Gasteiger partial charge in [0.05, 0.1) is 19.8 Å². The van der Waals surface area contributed by atoms with E-state index in [0.29, 0.717) is 0 Å². The quantitative estimate of drug-likeness (QED) is 0.436. The molecule has 2 nitrogen and oxygen atoms in total. The van der Waals surface area contributed by atoms with E-state index in [1.54, 1.807) is 0 Å². The Labute approximate surface area is 67.3 Å². The van der Waals surface area contributed by atoms with Crippen molar-refractivity contribution < 1.29 is 4.58 Å². The van der Waals surface area contributed by atoms with Crippen molar-refractivity contribution >= 4 is 17.8 Å². The Balaban J connectivity index is 2.77. The predicted molar refractivity (Wildman–Crippen MR) is 46.6 cm³/mol. The van der Waals surface area contributed by atoms with Crippen LogP contribution in [0.1, 0.15) is 6.92 Å². The van der Waals surface area contributed by atoms with E-state index < -0.39 is 0 Å². The van der Waals surface area contributed by atoms with E-state index in [2.05, 4.69) is 30.5 Å². The first-order valence-electron chi connectivity index (χ1n) is 3.46. The molecule has 1 heterocycles. The van der Waals surface area contributed by atoms with Gasteiger partial charge in [0.1, 0.15) is 6.54 Å². The third-order valence-corrected chi connectivity index (χ3v) is 2.23. The zero-order valence-electron chi connectivity index (χ0n) is 6.41. The SMILES string of the molecule is CCN1CC=C[N+](C)=C1S. The van der Waals surface area contributed by atoms with Gasteiger partial charge in [-0.3, -0.25) is 4.90 Å². The third kappa shape index (κ3) is 1.34. The number of nitrogens with zero attached hydrogens (tertiary/aromatic N) is 2. The minimum absolute atomic E-state index is 0.986. The molecule has 10 heavy (non-hydrogen) atoms. The molecule has 0 saturated heterocycles. The van der Waals surface area contributed by atoms with Gasteiger partial charge in [-0.25, -0.2) is 4.58 Å². The molecule has 0 saturated carbocycles. The summed E-state index contributed by atoms with van der Waals surface area (Å²) < 4.78 is 2.01. The normalized spacial score (nSPS) is 18.5. The Hall–Kier alpha value is -0.440. The molecular formula is C7H13N2S+. The maximum Gasteiger partial charge on any atom is 0.309 e. The van der Waals surface area contributed by atoms with E-state index in [0.717, 1.165) is 18.3 Å². The Bertz CT molecular complexity index is 184. The summed E-state index contributed by atoms with van der Waals surface area (Å²) in [6.45, 7) is 4.14. The highest BCUT2D eigenvalue weighted by Gasteiger charge is 2.16. The zero-order chi connectivity index (χ0) is 7.56. The van der Waals surface area contributed by atoms with Crippen LogP contribution in [0.3, 0.4) is 0 Å². The van der Waals surface area contributed by atoms with E-state index in [1.165, 1.54) is 0 Å². The molecule has 0 aromatic rings. The predicted octanol–water partition coefficient (Wildman–Crippen LogP) is 0.764. The molecule has 0 N–H and O–H groups in total. The number of hydrogen-bond donors (Lipinski definition) is 1. The zero-order valence-corrected chi connectivity index (χ0v) is 7.30. The van der Waals surface area contributed by atoms with Gasteiger partial charge in [-0.05, 0) is 13.0 Å². The Kier molecular flexibility index (Phi) is 2.38. The fraction of sp³-hybridized carbons (Fsp3) is 0.571. The van der Waals surface area contributed by atoms with Crippen LogP contribution in [-0.4, -0.2) is 34.8 Å². The Morgan fingerprint density at radius 2 is 2.50 bits per heavy atom. The van der Waals surface area contributed by atoms with Crippen LogP contribution < -0.4 is 0 Å². The van der Waals surface area contributed by atoms with Crippen molar-refractivity contribution in [3.05, 3.63) is 12.3 Å². The Morgan fingerprint density at radius 3 is 3.00 bits per heavy atom. The summed E-state index contributed by atoms with van der Waals surface area (Å²) in [5, 5.41) is 1.03. The summed E-state index contributed by atoms with van der Waals surface area (Å²) >= 11 is 4.35. The molecule has 3 heteroatoms. The van der Waals surface area contributed by atoms with Gasteiger partial charge < -0.3 is 0 Å². The highest BCUT2D eigenvalue weighted by molar-refractivity contribution is 7.96. The lowest BCUT2D eigenvalue weighted by atomic mass is 10.4. The molecule has 1 aliphatic heterocycles. The van der Waals surface area contributed by atoms with Crippen molar-refractivity contribution in [3.8, 4) is 0 Å². The minimum atomic E-state index is 0.986. The fourth-order valence-corrected chi connectivity index (χ4v) is 1.26. The number of likely N-dealkylation sites (N-methyl/N-ethyl adjacent to an activating group) is 1. The average molecular weight is 157 g/mol. The van der Waals surface area contributed by atoms with Crippen LogP contribution in [0.5, 0.6) is 0 Å². The maximum atomic E-state index is 4.35. The summed E-state index contributed by atoms with van der Waals surface area (Å²) in [6, 6.07) is 0. The molecule has 56 valence electrons. The van der Waals surface area contributed by atoms with Crippen LogP contribution in [0.4, 0.5) is 0 Å². The lowest BCUT2D eigenvalue weighted by molar-refractivity contribution is -0.427. The highest BCUT2D eigenvalue weighted by atomic mass is 32.1. The Morgan fingerprint density at radius 1 is 1.80 bits per heavy atom. The van der Waals surface area contributed by atoms with E-state index in [-0.39, 0.29) is 0 Å². The lowest BCUT2D eigenvalue weighted by Gasteiger charge is -2.16. The van der Waals surface area contributed by atoms with Gasteiger partial charge in [-0.2, -0.15) is 0 Å². The summed E-state index contributed by atoms with van der Waals surface area (Å²) in [5.74, 6) is 0. The minimum Gasteiger partial charge on any atom is -0.253 e. The van der Waals surface area contributed by atoms with Gasteiger partial charge in [0.15, 0.2) is 0 Å². The van der Waals surface area contributed by atoms with Crippen LogP contribution in [-0.2, 0) is 0 Å². The van der Waals surface area contributed by atoms with Crippen LogP contribution in [0.15, 0.2) is 12.3 Å². The molecule has 0 aromatic heterocycles. The molecular weight excluding hydrogens is 144 g/mol. The molecule has 0 fully saturated rings. The summed E-state index contributed by atoms with van der Waals surface area (Å²) in [4.78, 5) is 2.20. The summed E-state index contributed by atoms with van der Waals surface area (Å²) in [6.07, 6.45) is 4.16. The van der Waals surface area contributed by atoms with Crippen molar-refractivity contribution in [1.82, 2.24) is 4.90 Å². The number of hydrogen-bond acceptors (Lipinski definition) is 1.